The molecule has 2 rings (SSSR count). The maximum Gasteiger partial charge on any atom is 0.354 e. The van der Waals surface area contributed by atoms with E-state index in [4.69, 9.17) is 4.74 Å². The Morgan fingerprint density at radius 1 is 1.40 bits per heavy atom. The zero-order chi connectivity index (χ0) is 14.7. The average Bonchev–Trinajstić information content (AvgIpc) is 2.79. The Labute approximate surface area is 121 Å². The minimum atomic E-state index is -0.446. The monoisotopic (exact) mass is 290 g/mol. The molecule has 5 nitrogen and oxygen atoms in total. The summed E-state index contributed by atoms with van der Waals surface area (Å²) in [5.41, 5.74) is 2.51. The summed E-state index contributed by atoms with van der Waals surface area (Å²) in [6.07, 6.45) is 1.71. The van der Waals surface area contributed by atoms with Crippen molar-refractivity contribution >= 4 is 24.3 Å². The zero-order valence-electron chi connectivity index (χ0n) is 11.2. The smallest absolute Gasteiger partial charge is 0.354 e. The number of carbonyl (C=O) groups is 1. The van der Waals surface area contributed by atoms with Gasteiger partial charge in [0.2, 0.25) is 0 Å². The largest absolute Gasteiger partial charge is 0.464 e. The lowest BCUT2D eigenvalue weighted by Crippen LogP contribution is -2.10. The van der Waals surface area contributed by atoms with Crippen LogP contribution in [0, 0.1) is 11.8 Å². The fourth-order valence-electron chi connectivity index (χ4n) is 2.01. The van der Waals surface area contributed by atoms with Gasteiger partial charge >= 0.3 is 5.97 Å². The van der Waals surface area contributed by atoms with Crippen LogP contribution in [0.25, 0.3) is 0 Å². The number of carbonyl (C=O) groups excluding carboxylic acids is 1. The first kappa shape index (κ1) is 14.3. The second-order valence-electron chi connectivity index (χ2n) is 4.43. The zero-order valence-corrected chi connectivity index (χ0v) is 12.1. The lowest BCUT2D eigenvalue weighted by atomic mass is 10.1. The summed E-state index contributed by atoms with van der Waals surface area (Å²) < 4.78 is 6.42. The third kappa shape index (κ3) is 2.91. The van der Waals surface area contributed by atoms with E-state index in [1.54, 1.807) is 22.9 Å². The van der Waals surface area contributed by atoms with E-state index in [1.165, 1.54) is 7.11 Å². The Bertz CT molecular complexity index is 664. The maximum absolute atomic E-state index is 11.7. The quantitative estimate of drug-likeness (QED) is 0.534. The van der Waals surface area contributed by atoms with Crippen LogP contribution >= 0.6 is 12.6 Å². The van der Waals surface area contributed by atoms with E-state index < -0.39 is 5.97 Å². The van der Waals surface area contributed by atoms with Gasteiger partial charge in [0.05, 0.1) is 13.7 Å². The Morgan fingerprint density at radius 3 is 2.80 bits per heavy atom. The highest BCUT2D eigenvalue weighted by Crippen LogP contribution is 2.23. The standard InChI is InChI=1S/C14H14N2O3S/c1-9-3-4-12(15-18)10(5-9)7-16-8-11(20)6-13(16)14(17)19-2/h3-6,8,20H,7H2,1-2H3. The predicted molar refractivity (Wildman–Crippen MR) is 78.8 cm³/mol. The van der Waals surface area contributed by atoms with Crippen molar-refractivity contribution in [2.24, 2.45) is 5.18 Å². The van der Waals surface area contributed by atoms with Gasteiger partial charge in [0.25, 0.3) is 0 Å². The molecule has 0 aliphatic heterocycles. The number of hydrogen-bond acceptors (Lipinski definition) is 5. The van der Waals surface area contributed by atoms with Crippen molar-refractivity contribution in [1.29, 1.82) is 0 Å². The van der Waals surface area contributed by atoms with E-state index in [-0.39, 0.29) is 0 Å². The molecule has 1 heterocycles. The van der Waals surface area contributed by atoms with Crippen LogP contribution in [0.1, 0.15) is 21.6 Å². The molecule has 0 aliphatic carbocycles. The SMILES string of the molecule is COC(=O)c1cc(S)cn1Cc1cc(C)ccc1N=O. The van der Waals surface area contributed by atoms with Gasteiger partial charge < -0.3 is 9.30 Å². The number of hydrogen-bond donors (Lipinski definition) is 1. The van der Waals surface area contributed by atoms with Gasteiger partial charge in [0.15, 0.2) is 0 Å². The molecule has 20 heavy (non-hydrogen) atoms. The van der Waals surface area contributed by atoms with Crippen LogP contribution in [0.3, 0.4) is 0 Å². The summed E-state index contributed by atoms with van der Waals surface area (Å²) in [5.74, 6) is -0.446. The number of aromatic nitrogens is 1. The normalized spacial score (nSPS) is 10.3. The topological polar surface area (TPSA) is 60.7 Å². The first-order chi connectivity index (χ1) is 9.55. The molecule has 0 unspecified atom stereocenters. The van der Waals surface area contributed by atoms with E-state index >= 15 is 0 Å². The molecule has 0 saturated carbocycles. The third-order valence-electron chi connectivity index (χ3n) is 2.95. The van der Waals surface area contributed by atoms with Crippen molar-refractivity contribution in [3.05, 3.63) is 52.2 Å². The summed E-state index contributed by atoms with van der Waals surface area (Å²) in [6, 6.07) is 6.98. The van der Waals surface area contributed by atoms with E-state index in [0.717, 1.165) is 11.1 Å². The van der Waals surface area contributed by atoms with Gasteiger partial charge in [-0.1, -0.05) is 17.7 Å². The summed E-state index contributed by atoms with van der Waals surface area (Å²) in [4.78, 5) is 23.2. The first-order valence-electron chi connectivity index (χ1n) is 5.95. The number of thiol groups is 1. The first-order valence-corrected chi connectivity index (χ1v) is 6.40. The molecule has 0 atom stereocenters. The Balaban J connectivity index is 2.42. The Morgan fingerprint density at radius 2 is 2.15 bits per heavy atom. The average molecular weight is 290 g/mol. The summed E-state index contributed by atoms with van der Waals surface area (Å²) in [7, 11) is 1.32. The van der Waals surface area contributed by atoms with Crippen LogP contribution in [0.15, 0.2) is 40.5 Å². The van der Waals surface area contributed by atoms with Crippen LogP contribution in [0.5, 0.6) is 0 Å². The molecule has 0 amide bonds. The van der Waals surface area contributed by atoms with Gasteiger partial charge in [-0.15, -0.1) is 17.5 Å². The number of ether oxygens (including phenoxy) is 1. The molecule has 1 aromatic carbocycles. The van der Waals surface area contributed by atoms with Crippen molar-refractivity contribution in [3.8, 4) is 0 Å². The number of methoxy groups -OCH3 is 1. The number of benzene rings is 1. The lowest BCUT2D eigenvalue weighted by molar-refractivity contribution is 0.0589. The van der Waals surface area contributed by atoms with Crippen LogP contribution in [0.2, 0.25) is 0 Å². The fraction of sp³-hybridized carbons (Fsp3) is 0.214. The maximum atomic E-state index is 11.7. The molecule has 0 bridgehead atoms. The van der Waals surface area contributed by atoms with Gasteiger partial charge in [0.1, 0.15) is 11.4 Å². The highest BCUT2D eigenvalue weighted by Gasteiger charge is 2.14. The molecule has 1 aromatic heterocycles. The molecule has 0 fully saturated rings. The van der Waals surface area contributed by atoms with E-state index in [1.807, 2.05) is 19.1 Å². The Hall–Kier alpha value is -2.08. The van der Waals surface area contributed by atoms with Gasteiger partial charge in [0, 0.05) is 16.7 Å². The van der Waals surface area contributed by atoms with Crippen LogP contribution in [-0.2, 0) is 11.3 Å². The van der Waals surface area contributed by atoms with Crippen molar-refractivity contribution in [1.82, 2.24) is 4.57 Å². The van der Waals surface area contributed by atoms with Crippen molar-refractivity contribution < 1.29 is 9.53 Å². The summed E-state index contributed by atoms with van der Waals surface area (Å²) in [6.45, 7) is 2.28. The molecule has 2 aromatic rings. The van der Waals surface area contributed by atoms with Gasteiger partial charge in [-0.05, 0) is 24.2 Å². The second kappa shape index (κ2) is 5.92. The van der Waals surface area contributed by atoms with E-state index in [9.17, 15) is 9.70 Å². The van der Waals surface area contributed by atoms with E-state index in [0.29, 0.717) is 22.8 Å². The molecule has 0 radical (unpaired) electrons. The highest BCUT2D eigenvalue weighted by molar-refractivity contribution is 7.80. The molecule has 0 saturated heterocycles. The molecule has 0 spiro atoms. The number of nitrogens with zero attached hydrogens (tertiary/aromatic N) is 2. The van der Waals surface area contributed by atoms with E-state index in [2.05, 4.69) is 17.8 Å². The summed E-state index contributed by atoms with van der Waals surface area (Å²) in [5, 5.41) is 3.01. The van der Waals surface area contributed by atoms with Crippen LogP contribution < -0.4 is 0 Å². The number of nitroso groups, excluding NO2 is 1. The third-order valence-corrected chi connectivity index (χ3v) is 3.20. The molecule has 104 valence electrons. The van der Waals surface area contributed by atoms with Crippen LogP contribution in [0.4, 0.5) is 5.69 Å². The highest BCUT2D eigenvalue weighted by atomic mass is 32.1. The van der Waals surface area contributed by atoms with Gasteiger partial charge in [-0.25, -0.2) is 4.79 Å². The van der Waals surface area contributed by atoms with Gasteiger partial charge in [-0.3, -0.25) is 0 Å². The van der Waals surface area contributed by atoms with Crippen molar-refractivity contribution in [3.63, 3.8) is 0 Å². The van der Waals surface area contributed by atoms with Crippen LogP contribution in [-0.4, -0.2) is 17.6 Å². The minimum absolute atomic E-state index is 0.355. The number of aryl methyl sites for hydroxylation is 1. The molecule has 0 N–H and O–H groups in total. The molecule has 0 aliphatic rings. The second-order valence-corrected chi connectivity index (χ2v) is 4.94. The Kier molecular flexibility index (Phi) is 4.24. The fourth-order valence-corrected chi connectivity index (χ4v) is 2.28. The predicted octanol–water partition coefficient (Wildman–Crippen LogP) is 3.32. The number of rotatable bonds is 4. The minimum Gasteiger partial charge on any atom is -0.464 e. The molecular formula is C14H14N2O3S. The van der Waals surface area contributed by atoms with Crippen molar-refractivity contribution in [2.75, 3.05) is 7.11 Å². The van der Waals surface area contributed by atoms with Gasteiger partial charge in [-0.2, -0.15) is 0 Å². The molecular weight excluding hydrogens is 276 g/mol. The molecule has 6 heteroatoms. The van der Waals surface area contributed by atoms with Crippen molar-refractivity contribution in [2.45, 2.75) is 18.4 Å². The lowest BCUT2D eigenvalue weighted by Gasteiger charge is -2.09. The summed E-state index contributed by atoms with van der Waals surface area (Å²) >= 11 is 4.23. The number of esters is 1.